The van der Waals surface area contributed by atoms with Gasteiger partial charge in [0.1, 0.15) is 6.07 Å². The molecule has 1 aromatic rings. The largest absolute Gasteiger partial charge is 0.260 e. The lowest BCUT2D eigenvalue weighted by Crippen LogP contribution is -1.79. The van der Waals surface area contributed by atoms with E-state index in [-0.39, 0.29) is 0 Å². The van der Waals surface area contributed by atoms with Crippen molar-refractivity contribution in [3.05, 3.63) is 29.6 Å². The van der Waals surface area contributed by atoms with E-state index in [0.29, 0.717) is 5.56 Å². The zero-order chi connectivity index (χ0) is 8.69. The summed E-state index contributed by atoms with van der Waals surface area (Å²) < 4.78 is 0. The molecule has 0 unspecified atom stereocenters. The number of pyridine rings is 1. The Bertz CT molecular complexity index is 231. The summed E-state index contributed by atoms with van der Waals surface area (Å²) in [6, 6.07) is 5.56. The zero-order valence-corrected chi connectivity index (χ0v) is 7.13. The SMILES string of the molecule is CC.Cc1ccc(C#N)cn1. The summed E-state index contributed by atoms with van der Waals surface area (Å²) in [5.41, 5.74) is 1.55. The molecule has 0 aliphatic carbocycles. The van der Waals surface area contributed by atoms with Crippen molar-refractivity contribution < 1.29 is 0 Å². The van der Waals surface area contributed by atoms with Crippen LogP contribution in [0.4, 0.5) is 0 Å². The van der Waals surface area contributed by atoms with Crippen LogP contribution in [0.5, 0.6) is 0 Å². The van der Waals surface area contributed by atoms with Crippen molar-refractivity contribution in [2.75, 3.05) is 0 Å². The number of aryl methyl sites for hydroxylation is 1. The van der Waals surface area contributed by atoms with Crippen LogP contribution in [0.1, 0.15) is 25.1 Å². The summed E-state index contributed by atoms with van der Waals surface area (Å²) in [7, 11) is 0. The molecule has 0 aromatic carbocycles. The molecule has 2 heteroatoms. The number of nitrogens with zero attached hydrogens (tertiary/aromatic N) is 2. The highest BCUT2D eigenvalue weighted by atomic mass is 14.7. The quantitative estimate of drug-likeness (QED) is 0.566. The van der Waals surface area contributed by atoms with Gasteiger partial charge in [-0.05, 0) is 19.1 Å². The van der Waals surface area contributed by atoms with Crippen LogP contribution in [0.25, 0.3) is 0 Å². The topological polar surface area (TPSA) is 36.7 Å². The lowest BCUT2D eigenvalue weighted by molar-refractivity contribution is 1.19. The van der Waals surface area contributed by atoms with Crippen molar-refractivity contribution in [1.29, 1.82) is 5.26 Å². The van der Waals surface area contributed by atoms with Crippen LogP contribution in [0, 0.1) is 18.3 Å². The highest BCUT2D eigenvalue weighted by Gasteiger charge is 1.86. The minimum Gasteiger partial charge on any atom is -0.260 e. The molecule has 1 heterocycles. The Hall–Kier alpha value is -1.36. The van der Waals surface area contributed by atoms with E-state index in [1.807, 2.05) is 32.9 Å². The Morgan fingerprint density at radius 2 is 2.00 bits per heavy atom. The van der Waals surface area contributed by atoms with Gasteiger partial charge < -0.3 is 0 Å². The van der Waals surface area contributed by atoms with Crippen LogP contribution in [-0.4, -0.2) is 4.98 Å². The lowest BCUT2D eigenvalue weighted by atomic mass is 10.3. The second-order valence-corrected chi connectivity index (χ2v) is 1.80. The van der Waals surface area contributed by atoms with Crippen molar-refractivity contribution in [2.24, 2.45) is 0 Å². The third-order valence-corrected chi connectivity index (χ3v) is 1.04. The number of aromatic nitrogens is 1. The molecule has 0 radical (unpaired) electrons. The molecule has 0 bridgehead atoms. The molecule has 0 saturated heterocycles. The third-order valence-electron chi connectivity index (χ3n) is 1.04. The summed E-state index contributed by atoms with van der Waals surface area (Å²) in [6.07, 6.45) is 1.56. The van der Waals surface area contributed by atoms with Crippen LogP contribution < -0.4 is 0 Å². The number of hydrogen-bond acceptors (Lipinski definition) is 2. The first-order valence-electron chi connectivity index (χ1n) is 3.65. The maximum atomic E-state index is 8.34. The summed E-state index contributed by atoms with van der Waals surface area (Å²) in [5.74, 6) is 0. The Labute approximate surface area is 67.5 Å². The maximum Gasteiger partial charge on any atom is 0.101 e. The molecule has 1 aromatic heterocycles. The van der Waals surface area contributed by atoms with E-state index in [2.05, 4.69) is 4.98 Å². The molecule has 0 fully saturated rings. The molecule has 0 amide bonds. The van der Waals surface area contributed by atoms with Gasteiger partial charge in [-0.1, -0.05) is 13.8 Å². The second-order valence-electron chi connectivity index (χ2n) is 1.80. The van der Waals surface area contributed by atoms with E-state index < -0.39 is 0 Å². The minimum atomic E-state index is 0.612. The molecular formula is C9H12N2. The van der Waals surface area contributed by atoms with Gasteiger partial charge in [0, 0.05) is 11.9 Å². The standard InChI is InChI=1S/C7H6N2.C2H6/c1-6-2-3-7(4-8)5-9-6;1-2/h2-3,5H,1H3;1-2H3. The predicted molar refractivity (Wildman–Crippen MR) is 45.0 cm³/mol. The fourth-order valence-electron chi connectivity index (χ4n) is 0.534. The zero-order valence-electron chi connectivity index (χ0n) is 7.13. The Morgan fingerprint density at radius 1 is 1.36 bits per heavy atom. The van der Waals surface area contributed by atoms with E-state index in [0.717, 1.165) is 5.69 Å². The van der Waals surface area contributed by atoms with Crippen molar-refractivity contribution in [1.82, 2.24) is 4.98 Å². The summed E-state index contributed by atoms with van der Waals surface area (Å²) >= 11 is 0. The normalized spacial score (nSPS) is 7.45. The van der Waals surface area contributed by atoms with Gasteiger partial charge in [0.25, 0.3) is 0 Å². The summed E-state index contributed by atoms with van der Waals surface area (Å²) in [6.45, 7) is 5.89. The van der Waals surface area contributed by atoms with Gasteiger partial charge in [0.15, 0.2) is 0 Å². The van der Waals surface area contributed by atoms with Gasteiger partial charge in [-0.3, -0.25) is 4.98 Å². The van der Waals surface area contributed by atoms with Gasteiger partial charge in [-0.2, -0.15) is 5.26 Å². The van der Waals surface area contributed by atoms with E-state index in [4.69, 9.17) is 5.26 Å². The van der Waals surface area contributed by atoms with E-state index >= 15 is 0 Å². The van der Waals surface area contributed by atoms with Crippen molar-refractivity contribution in [2.45, 2.75) is 20.8 Å². The monoisotopic (exact) mass is 148 g/mol. The van der Waals surface area contributed by atoms with Gasteiger partial charge in [-0.25, -0.2) is 0 Å². The molecule has 0 aliphatic heterocycles. The molecule has 58 valence electrons. The van der Waals surface area contributed by atoms with E-state index in [1.54, 1.807) is 12.3 Å². The highest BCUT2D eigenvalue weighted by molar-refractivity contribution is 5.25. The average molecular weight is 148 g/mol. The third kappa shape index (κ3) is 3.36. The number of rotatable bonds is 0. The minimum absolute atomic E-state index is 0.612. The Kier molecular flexibility index (Phi) is 4.76. The molecular weight excluding hydrogens is 136 g/mol. The molecule has 0 saturated carbocycles. The first kappa shape index (κ1) is 9.64. The average Bonchev–Trinajstić information content (AvgIpc) is 2.10. The second kappa shape index (κ2) is 5.43. The van der Waals surface area contributed by atoms with Crippen LogP contribution in [0.2, 0.25) is 0 Å². The molecule has 1 rings (SSSR count). The first-order chi connectivity index (χ1) is 5.33. The lowest BCUT2D eigenvalue weighted by Gasteiger charge is -1.87. The van der Waals surface area contributed by atoms with E-state index in [9.17, 15) is 0 Å². The van der Waals surface area contributed by atoms with Crippen LogP contribution in [-0.2, 0) is 0 Å². The van der Waals surface area contributed by atoms with Gasteiger partial charge in [-0.15, -0.1) is 0 Å². The Morgan fingerprint density at radius 3 is 2.36 bits per heavy atom. The van der Waals surface area contributed by atoms with Crippen LogP contribution >= 0.6 is 0 Å². The number of hydrogen-bond donors (Lipinski definition) is 0. The summed E-state index contributed by atoms with van der Waals surface area (Å²) in [5, 5.41) is 8.34. The molecule has 0 spiro atoms. The predicted octanol–water partition coefficient (Wildman–Crippen LogP) is 2.29. The van der Waals surface area contributed by atoms with Gasteiger partial charge in [0.05, 0.1) is 5.56 Å². The fraction of sp³-hybridized carbons (Fsp3) is 0.333. The molecule has 0 atom stereocenters. The van der Waals surface area contributed by atoms with Gasteiger partial charge >= 0.3 is 0 Å². The van der Waals surface area contributed by atoms with Crippen molar-refractivity contribution in [3.8, 4) is 6.07 Å². The first-order valence-corrected chi connectivity index (χ1v) is 3.65. The smallest absolute Gasteiger partial charge is 0.101 e. The molecule has 0 N–H and O–H groups in total. The molecule has 11 heavy (non-hydrogen) atoms. The number of nitriles is 1. The van der Waals surface area contributed by atoms with E-state index in [1.165, 1.54) is 0 Å². The van der Waals surface area contributed by atoms with Crippen LogP contribution in [0.15, 0.2) is 18.3 Å². The molecule has 2 nitrogen and oxygen atoms in total. The van der Waals surface area contributed by atoms with Crippen LogP contribution in [0.3, 0.4) is 0 Å². The molecule has 0 aliphatic rings. The maximum absolute atomic E-state index is 8.34. The van der Waals surface area contributed by atoms with Gasteiger partial charge in [0.2, 0.25) is 0 Å². The van der Waals surface area contributed by atoms with Crippen molar-refractivity contribution >= 4 is 0 Å². The Balaban J connectivity index is 0.000000461. The highest BCUT2D eigenvalue weighted by Crippen LogP contribution is 1.95. The fourth-order valence-corrected chi connectivity index (χ4v) is 0.534. The summed E-state index contributed by atoms with van der Waals surface area (Å²) in [4.78, 5) is 3.93. The van der Waals surface area contributed by atoms with Crippen molar-refractivity contribution in [3.63, 3.8) is 0 Å².